The largest absolute Gasteiger partial charge is 0.368 e. The van der Waals surface area contributed by atoms with Gasteiger partial charge in [-0.3, -0.25) is 24.5 Å². The summed E-state index contributed by atoms with van der Waals surface area (Å²) in [5.74, 6) is -1.01. The van der Waals surface area contributed by atoms with Crippen LogP contribution in [-0.2, 0) is 14.4 Å². The second-order valence-corrected chi connectivity index (χ2v) is 8.59. The van der Waals surface area contributed by atoms with E-state index >= 15 is 0 Å². The first-order valence-corrected chi connectivity index (χ1v) is 10.6. The number of nitro groups is 1. The molecule has 4 rings (SSSR count). The normalized spacial score (nSPS) is 29.2. The fourth-order valence-corrected chi connectivity index (χ4v) is 4.84. The van der Waals surface area contributed by atoms with Crippen LogP contribution in [0.15, 0.2) is 18.2 Å². The van der Waals surface area contributed by atoms with Crippen molar-refractivity contribution in [1.82, 2.24) is 5.32 Å². The van der Waals surface area contributed by atoms with Crippen LogP contribution in [0.25, 0.3) is 0 Å². The molecule has 0 bridgehead atoms. The number of anilines is 2. The number of benzene rings is 1. The number of carbonyl (C=O) groups is 3. The monoisotopic (exact) mass is 414 g/mol. The van der Waals surface area contributed by atoms with E-state index in [1.165, 1.54) is 12.1 Å². The molecule has 1 aliphatic carbocycles. The van der Waals surface area contributed by atoms with Gasteiger partial charge >= 0.3 is 0 Å². The lowest BCUT2D eigenvalue weighted by atomic mass is 9.76. The third-order valence-corrected chi connectivity index (χ3v) is 6.49. The average Bonchev–Trinajstić information content (AvgIpc) is 2.83. The molecule has 1 aromatic carbocycles. The third kappa shape index (κ3) is 3.64. The molecule has 3 amide bonds. The van der Waals surface area contributed by atoms with E-state index in [2.05, 4.69) is 17.6 Å². The molecule has 1 saturated carbocycles. The van der Waals surface area contributed by atoms with Crippen molar-refractivity contribution in [3.8, 4) is 0 Å². The Balaban J connectivity index is 1.62. The fraction of sp³-hybridized carbons (Fsp3) is 0.571. The SMILES string of the molecule is C[C@@H]1CC[C@@H]2C(=O)N(c3ccc(N[C@H]4CCCCNC4=O)c([N+](=O)[O-])c3)C(=O)[C@H]2C1. The molecule has 9 nitrogen and oxygen atoms in total. The first-order valence-electron chi connectivity index (χ1n) is 10.6. The fourth-order valence-electron chi connectivity index (χ4n) is 4.84. The number of hydrogen-bond donors (Lipinski definition) is 2. The highest BCUT2D eigenvalue weighted by atomic mass is 16.6. The van der Waals surface area contributed by atoms with E-state index in [4.69, 9.17) is 0 Å². The van der Waals surface area contributed by atoms with Crippen molar-refractivity contribution in [3.63, 3.8) is 0 Å². The van der Waals surface area contributed by atoms with Gasteiger partial charge in [-0.1, -0.05) is 6.92 Å². The molecule has 4 atom stereocenters. The molecule has 0 aromatic heterocycles. The van der Waals surface area contributed by atoms with Gasteiger partial charge in [0.1, 0.15) is 11.7 Å². The molecule has 3 aliphatic rings. The number of nitrogens with one attached hydrogen (secondary N) is 2. The lowest BCUT2D eigenvalue weighted by Crippen LogP contribution is -2.38. The molecular weight excluding hydrogens is 388 g/mol. The van der Waals surface area contributed by atoms with Gasteiger partial charge in [0.15, 0.2) is 0 Å². The molecule has 2 saturated heterocycles. The van der Waals surface area contributed by atoms with Crippen LogP contribution in [0.5, 0.6) is 0 Å². The number of nitro benzene ring substituents is 1. The van der Waals surface area contributed by atoms with E-state index in [1.807, 2.05) is 0 Å². The first-order chi connectivity index (χ1) is 14.4. The molecule has 0 spiro atoms. The van der Waals surface area contributed by atoms with E-state index in [9.17, 15) is 24.5 Å². The van der Waals surface area contributed by atoms with Gasteiger partial charge in [-0.25, -0.2) is 4.90 Å². The van der Waals surface area contributed by atoms with Crippen LogP contribution in [0.1, 0.15) is 45.4 Å². The summed E-state index contributed by atoms with van der Waals surface area (Å²) in [5.41, 5.74) is 0.166. The maximum absolute atomic E-state index is 12.9. The molecule has 3 fully saturated rings. The molecule has 0 unspecified atom stereocenters. The predicted octanol–water partition coefficient (Wildman–Crippen LogP) is 2.60. The van der Waals surface area contributed by atoms with Crippen molar-refractivity contribution in [3.05, 3.63) is 28.3 Å². The van der Waals surface area contributed by atoms with Crippen LogP contribution >= 0.6 is 0 Å². The maximum atomic E-state index is 12.9. The highest BCUT2D eigenvalue weighted by molar-refractivity contribution is 6.22. The first kappa shape index (κ1) is 20.3. The Hall–Kier alpha value is -2.97. The number of rotatable bonds is 4. The summed E-state index contributed by atoms with van der Waals surface area (Å²) in [5, 5.41) is 17.5. The van der Waals surface area contributed by atoms with Crippen molar-refractivity contribution in [1.29, 1.82) is 0 Å². The lowest BCUT2D eigenvalue weighted by Gasteiger charge is -2.25. The van der Waals surface area contributed by atoms with Gasteiger partial charge in [0.25, 0.3) is 5.69 Å². The summed E-state index contributed by atoms with van der Waals surface area (Å²) in [7, 11) is 0. The number of nitrogens with zero attached hydrogens (tertiary/aromatic N) is 2. The molecule has 1 aromatic rings. The minimum absolute atomic E-state index is 0.186. The van der Waals surface area contributed by atoms with E-state index in [1.54, 1.807) is 6.07 Å². The highest BCUT2D eigenvalue weighted by Crippen LogP contribution is 2.43. The molecule has 30 heavy (non-hydrogen) atoms. The van der Waals surface area contributed by atoms with Crippen LogP contribution in [-0.4, -0.2) is 35.2 Å². The molecule has 2 heterocycles. The van der Waals surface area contributed by atoms with Crippen molar-refractivity contribution in [2.45, 2.75) is 51.5 Å². The van der Waals surface area contributed by atoms with E-state index in [-0.39, 0.29) is 46.6 Å². The summed E-state index contributed by atoms with van der Waals surface area (Å²) in [6.07, 6.45) is 4.52. The topological polar surface area (TPSA) is 122 Å². The van der Waals surface area contributed by atoms with Crippen LogP contribution < -0.4 is 15.5 Å². The van der Waals surface area contributed by atoms with Crippen molar-refractivity contribution >= 4 is 34.8 Å². The second kappa shape index (κ2) is 8.04. The third-order valence-electron chi connectivity index (χ3n) is 6.49. The Morgan fingerprint density at radius 2 is 1.87 bits per heavy atom. The number of fused-ring (bicyclic) bond motifs is 1. The van der Waals surface area contributed by atoms with Crippen LogP contribution in [0.4, 0.5) is 17.1 Å². The van der Waals surface area contributed by atoms with Crippen molar-refractivity contribution in [2.75, 3.05) is 16.8 Å². The van der Waals surface area contributed by atoms with Gasteiger partial charge in [-0.05, 0) is 56.6 Å². The van der Waals surface area contributed by atoms with Crippen LogP contribution in [0.3, 0.4) is 0 Å². The van der Waals surface area contributed by atoms with Crippen LogP contribution in [0.2, 0.25) is 0 Å². The molecule has 2 N–H and O–H groups in total. The Bertz CT molecular complexity index is 901. The highest BCUT2D eigenvalue weighted by Gasteiger charge is 2.50. The quantitative estimate of drug-likeness (QED) is 0.444. The van der Waals surface area contributed by atoms with Crippen molar-refractivity contribution < 1.29 is 19.3 Å². The molecule has 9 heteroatoms. The van der Waals surface area contributed by atoms with Gasteiger partial charge in [-0.15, -0.1) is 0 Å². The number of amides is 3. The van der Waals surface area contributed by atoms with E-state index in [0.717, 1.165) is 24.2 Å². The summed E-state index contributed by atoms with van der Waals surface area (Å²) < 4.78 is 0. The smallest absolute Gasteiger partial charge is 0.294 e. The average molecular weight is 414 g/mol. The van der Waals surface area contributed by atoms with E-state index in [0.29, 0.717) is 31.7 Å². The summed E-state index contributed by atoms with van der Waals surface area (Å²) in [6.45, 7) is 2.67. The molecular formula is C21H26N4O5. The zero-order valence-corrected chi connectivity index (χ0v) is 16.9. The lowest BCUT2D eigenvalue weighted by molar-refractivity contribution is -0.383. The number of carbonyl (C=O) groups excluding carboxylic acids is 3. The minimum Gasteiger partial charge on any atom is -0.368 e. The van der Waals surface area contributed by atoms with Gasteiger partial charge in [0, 0.05) is 12.6 Å². The zero-order valence-electron chi connectivity index (χ0n) is 16.9. The molecule has 2 aliphatic heterocycles. The zero-order chi connectivity index (χ0) is 21.4. The number of imide groups is 1. The number of hydrogen-bond acceptors (Lipinski definition) is 6. The van der Waals surface area contributed by atoms with Gasteiger partial charge in [0.2, 0.25) is 17.7 Å². The summed E-state index contributed by atoms with van der Waals surface area (Å²) in [4.78, 5) is 50.3. The Morgan fingerprint density at radius 1 is 1.10 bits per heavy atom. The predicted molar refractivity (Wildman–Crippen MR) is 110 cm³/mol. The Labute approximate surface area is 174 Å². The standard InChI is InChI=1S/C21H26N4O5/c1-12-5-7-14-15(10-12)21(28)24(20(14)27)13-6-8-16(18(11-13)25(29)30)23-17-4-2-3-9-22-19(17)26/h6,8,11-12,14-15,17,23H,2-5,7,9-10H2,1H3,(H,22,26)/t12-,14+,15+,17+/m1/s1. The molecule has 160 valence electrons. The maximum Gasteiger partial charge on any atom is 0.294 e. The Morgan fingerprint density at radius 3 is 2.63 bits per heavy atom. The summed E-state index contributed by atoms with van der Waals surface area (Å²) in [6, 6.07) is 3.72. The van der Waals surface area contributed by atoms with E-state index < -0.39 is 11.0 Å². The Kier molecular flexibility index (Phi) is 5.44. The van der Waals surface area contributed by atoms with Crippen molar-refractivity contribution in [2.24, 2.45) is 17.8 Å². The summed E-state index contributed by atoms with van der Waals surface area (Å²) >= 11 is 0. The van der Waals surface area contributed by atoms with Gasteiger partial charge < -0.3 is 10.6 Å². The van der Waals surface area contributed by atoms with Gasteiger partial charge in [-0.2, -0.15) is 0 Å². The minimum atomic E-state index is -0.559. The van der Waals surface area contributed by atoms with Crippen LogP contribution in [0, 0.1) is 27.9 Å². The molecule has 0 radical (unpaired) electrons. The van der Waals surface area contributed by atoms with Gasteiger partial charge in [0.05, 0.1) is 22.4 Å². The second-order valence-electron chi connectivity index (χ2n) is 8.59.